The maximum absolute atomic E-state index is 13.7. The number of para-hydroxylation sites is 1. The smallest absolute Gasteiger partial charge is 0.258 e. The summed E-state index contributed by atoms with van der Waals surface area (Å²) >= 11 is 1.81. The van der Waals surface area contributed by atoms with E-state index in [2.05, 4.69) is 43.4 Å². The van der Waals surface area contributed by atoms with Gasteiger partial charge in [0.1, 0.15) is 4.83 Å². The summed E-state index contributed by atoms with van der Waals surface area (Å²) in [5.41, 5.74) is 8.08. The second-order valence-corrected chi connectivity index (χ2v) is 10.2. The highest BCUT2D eigenvalue weighted by Gasteiger charge is 2.28. The van der Waals surface area contributed by atoms with Crippen LogP contribution >= 0.6 is 23.7 Å². The topological polar surface area (TPSA) is 42.0 Å². The van der Waals surface area contributed by atoms with E-state index < -0.39 is 0 Å². The van der Waals surface area contributed by atoms with Crippen molar-refractivity contribution in [3.8, 4) is 11.1 Å². The van der Waals surface area contributed by atoms with E-state index in [1.54, 1.807) is 0 Å². The van der Waals surface area contributed by atoms with E-state index in [4.69, 9.17) is 4.98 Å². The zero-order valence-electron chi connectivity index (χ0n) is 19.5. The normalized spacial score (nSPS) is 15.1. The molecule has 0 aliphatic heterocycles. The second kappa shape index (κ2) is 9.28. The number of halogens is 1. The number of rotatable bonds is 3. The average molecular weight is 477 g/mol. The van der Waals surface area contributed by atoms with E-state index in [0.717, 1.165) is 45.7 Å². The standard InChI is InChI=1S/C28H28N2OS.ClH/c1-16-8-7-10-20(14-16)25-24(27(31)30-22-11-6-5-9-18(22)3)19(4)29-28-26(25)21-13-12-17(2)15-23(21)32-28;/h5-11,14,17H,12-13,15H2,1-4H3,(H,30,31);1H. The first-order chi connectivity index (χ1) is 15.4. The Labute approximate surface area is 205 Å². The molecule has 2 aromatic carbocycles. The predicted octanol–water partition coefficient (Wildman–Crippen LogP) is 7.69. The van der Waals surface area contributed by atoms with Crippen LogP contribution in [-0.4, -0.2) is 10.9 Å². The van der Waals surface area contributed by atoms with Gasteiger partial charge >= 0.3 is 0 Å². The molecule has 1 atom stereocenters. The number of hydrogen-bond donors (Lipinski definition) is 1. The first-order valence-corrected chi connectivity index (χ1v) is 12.1. The van der Waals surface area contributed by atoms with Crippen molar-refractivity contribution in [3.05, 3.63) is 81.4 Å². The molecule has 0 saturated heterocycles. The molecule has 1 N–H and O–H groups in total. The van der Waals surface area contributed by atoms with Crippen molar-refractivity contribution >= 4 is 45.6 Å². The van der Waals surface area contributed by atoms with Crippen molar-refractivity contribution in [2.75, 3.05) is 5.32 Å². The molecule has 0 saturated carbocycles. The van der Waals surface area contributed by atoms with Crippen molar-refractivity contribution in [2.45, 2.75) is 47.0 Å². The Morgan fingerprint density at radius 1 is 1.09 bits per heavy atom. The van der Waals surface area contributed by atoms with Gasteiger partial charge in [0.25, 0.3) is 5.91 Å². The fraction of sp³-hybridized carbons (Fsp3) is 0.286. The Morgan fingerprint density at radius 2 is 1.88 bits per heavy atom. The molecule has 1 unspecified atom stereocenters. The summed E-state index contributed by atoms with van der Waals surface area (Å²) in [5.74, 6) is 0.606. The second-order valence-electron chi connectivity index (χ2n) is 9.12. The summed E-state index contributed by atoms with van der Waals surface area (Å²) in [4.78, 5) is 21.2. The molecule has 0 spiro atoms. The van der Waals surface area contributed by atoms with Crippen LogP contribution in [0.25, 0.3) is 21.3 Å². The highest BCUT2D eigenvalue weighted by Crippen LogP contribution is 2.44. The molecule has 5 rings (SSSR count). The van der Waals surface area contributed by atoms with E-state index in [9.17, 15) is 4.79 Å². The highest BCUT2D eigenvalue weighted by atomic mass is 35.5. The third-order valence-corrected chi connectivity index (χ3v) is 7.70. The number of fused-ring (bicyclic) bond motifs is 3. The minimum atomic E-state index is -0.0909. The quantitative estimate of drug-likeness (QED) is 0.329. The van der Waals surface area contributed by atoms with Gasteiger partial charge in [-0.2, -0.15) is 0 Å². The molecule has 33 heavy (non-hydrogen) atoms. The molecule has 3 nitrogen and oxygen atoms in total. The molecule has 2 heterocycles. The Bertz CT molecular complexity index is 1360. The maximum Gasteiger partial charge on any atom is 0.258 e. The Morgan fingerprint density at radius 3 is 2.64 bits per heavy atom. The zero-order valence-corrected chi connectivity index (χ0v) is 21.1. The van der Waals surface area contributed by atoms with Crippen LogP contribution in [0.15, 0.2) is 48.5 Å². The van der Waals surface area contributed by atoms with E-state index in [1.807, 2.05) is 49.4 Å². The zero-order chi connectivity index (χ0) is 22.4. The molecule has 5 heteroatoms. The van der Waals surface area contributed by atoms with Gasteiger partial charge < -0.3 is 5.32 Å². The van der Waals surface area contributed by atoms with Gasteiger partial charge in [-0.05, 0) is 68.7 Å². The summed E-state index contributed by atoms with van der Waals surface area (Å²) < 4.78 is 0. The van der Waals surface area contributed by atoms with Gasteiger partial charge in [0.15, 0.2) is 0 Å². The lowest BCUT2D eigenvalue weighted by molar-refractivity contribution is 0.102. The van der Waals surface area contributed by atoms with Gasteiger partial charge in [-0.1, -0.05) is 55.0 Å². The van der Waals surface area contributed by atoms with Crippen LogP contribution in [-0.2, 0) is 12.8 Å². The van der Waals surface area contributed by atoms with Crippen molar-refractivity contribution in [3.63, 3.8) is 0 Å². The molecule has 0 radical (unpaired) electrons. The number of thiophene rings is 1. The highest BCUT2D eigenvalue weighted by molar-refractivity contribution is 7.19. The van der Waals surface area contributed by atoms with Crippen LogP contribution in [0.2, 0.25) is 0 Å². The third-order valence-electron chi connectivity index (χ3n) is 6.55. The van der Waals surface area contributed by atoms with Gasteiger partial charge in [-0.3, -0.25) is 4.79 Å². The number of carbonyl (C=O) groups excluding carboxylic acids is 1. The Balaban J connectivity index is 0.00000259. The van der Waals surface area contributed by atoms with Crippen LogP contribution in [0.3, 0.4) is 0 Å². The number of carbonyl (C=O) groups is 1. The number of aromatic nitrogens is 1. The number of benzene rings is 2. The molecular formula is C28H29ClN2OS. The summed E-state index contributed by atoms with van der Waals surface area (Å²) in [5, 5.41) is 4.34. The predicted molar refractivity (Wildman–Crippen MR) is 142 cm³/mol. The van der Waals surface area contributed by atoms with Crippen molar-refractivity contribution in [1.29, 1.82) is 0 Å². The van der Waals surface area contributed by atoms with Gasteiger partial charge in [0.2, 0.25) is 0 Å². The first-order valence-electron chi connectivity index (χ1n) is 11.3. The number of pyridine rings is 1. The number of aryl methyl sites for hydroxylation is 4. The molecule has 1 amide bonds. The summed E-state index contributed by atoms with van der Waals surface area (Å²) in [6.07, 6.45) is 3.34. The number of nitrogens with zero attached hydrogens (tertiary/aromatic N) is 1. The number of amides is 1. The molecule has 1 aliphatic carbocycles. The average Bonchev–Trinajstić information content (AvgIpc) is 3.10. The summed E-state index contributed by atoms with van der Waals surface area (Å²) in [6, 6.07) is 16.4. The monoisotopic (exact) mass is 476 g/mol. The molecular weight excluding hydrogens is 448 g/mol. The third kappa shape index (κ3) is 4.30. The number of nitrogens with one attached hydrogen (secondary N) is 1. The van der Waals surface area contributed by atoms with Crippen LogP contribution in [0.1, 0.15) is 51.0 Å². The van der Waals surface area contributed by atoms with E-state index in [-0.39, 0.29) is 18.3 Å². The largest absolute Gasteiger partial charge is 0.322 e. The number of anilines is 1. The minimum Gasteiger partial charge on any atom is -0.322 e. The fourth-order valence-electron chi connectivity index (χ4n) is 4.85. The molecule has 0 bridgehead atoms. The summed E-state index contributed by atoms with van der Waals surface area (Å²) in [6.45, 7) is 8.41. The van der Waals surface area contributed by atoms with Gasteiger partial charge in [-0.25, -0.2) is 4.98 Å². The Kier molecular flexibility index (Phi) is 6.60. The van der Waals surface area contributed by atoms with Crippen LogP contribution in [0.4, 0.5) is 5.69 Å². The van der Waals surface area contributed by atoms with E-state index in [1.165, 1.54) is 27.8 Å². The van der Waals surface area contributed by atoms with Crippen molar-refractivity contribution in [2.24, 2.45) is 5.92 Å². The Hall–Kier alpha value is -2.69. The minimum absolute atomic E-state index is 0. The van der Waals surface area contributed by atoms with E-state index in [0.29, 0.717) is 11.5 Å². The summed E-state index contributed by atoms with van der Waals surface area (Å²) in [7, 11) is 0. The molecule has 4 aromatic rings. The molecule has 2 aromatic heterocycles. The van der Waals surface area contributed by atoms with Crippen molar-refractivity contribution in [1.82, 2.24) is 4.98 Å². The van der Waals surface area contributed by atoms with Crippen LogP contribution < -0.4 is 5.32 Å². The SMILES string of the molecule is Cc1cccc(-c2c(C(=O)Nc3ccccc3C)c(C)nc3sc4c(c23)CCC(C)C4)c1.Cl. The van der Waals surface area contributed by atoms with Crippen molar-refractivity contribution < 1.29 is 4.79 Å². The number of hydrogen-bond acceptors (Lipinski definition) is 3. The molecule has 170 valence electrons. The maximum atomic E-state index is 13.7. The lowest BCUT2D eigenvalue weighted by atomic mass is 9.86. The lowest BCUT2D eigenvalue weighted by Gasteiger charge is -2.20. The lowest BCUT2D eigenvalue weighted by Crippen LogP contribution is -2.17. The molecule has 0 fully saturated rings. The van der Waals surface area contributed by atoms with Gasteiger partial charge in [0.05, 0.1) is 11.3 Å². The van der Waals surface area contributed by atoms with Crippen LogP contribution in [0, 0.1) is 26.7 Å². The first kappa shape index (κ1) is 23.5. The van der Waals surface area contributed by atoms with Gasteiger partial charge in [-0.15, -0.1) is 23.7 Å². The molecule has 1 aliphatic rings. The van der Waals surface area contributed by atoms with E-state index >= 15 is 0 Å². The van der Waals surface area contributed by atoms with Crippen LogP contribution in [0.5, 0.6) is 0 Å². The van der Waals surface area contributed by atoms with Gasteiger partial charge in [0, 0.05) is 21.5 Å². The fourth-order valence-corrected chi connectivity index (χ4v) is 6.29.